The van der Waals surface area contributed by atoms with Crippen molar-refractivity contribution in [3.63, 3.8) is 0 Å². The third kappa shape index (κ3) is 4.43. The van der Waals surface area contributed by atoms with Crippen LogP contribution in [-0.2, 0) is 0 Å². The van der Waals surface area contributed by atoms with Crippen LogP contribution in [0.15, 0.2) is 11.6 Å². The van der Waals surface area contributed by atoms with Crippen molar-refractivity contribution >= 4 is 0 Å². The second-order valence-electron chi connectivity index (χ2n) is 13.6. The SMILES string of the molecule is CC(C)CCC[C@@H](C)C1CCC2C3CC=C4CC(NC(C)C)CC[C@@]4(C)C3CC[C@]21C. The lowest BCUT2D eigenvalue weighted by molar-refractivity contribution is -0.0516. The Morgan fingerprint density at radius 1 is 0.935 bits per heavy atom. The first kappa shape index (κ1) is 23.8. The topological polar surface area (TPSA) is 12.0 Å². The molecule has 1 N–H and O–H groups in total. The summed E-state index contributed by atoms with van der Waals surface area (Å²) < 4.78 is 0. The summed E-state index contributed by atoms with van der Waals surface area (Å²) in [6.07, 6.45) is 18.6. The number of fused-ring (bicyclic) bond motifs is 5. The van der Waals surface area contributed by atoms with Gasteiger partial charge >= 0.3 is 0 Å². The highest BCUT2D eigenvalue weighted by Crippen LogP contribution is 2.67. The van der Waals surface area contributed by atoms with E-state index in [0.29, 0.717) is 22.9 Å². The Hall–Kier alpha value is -0.300. The number of allylic oxidation sites excluding steroid dienone is 1. The smallest absolute Gasteiger partial charge is 0.0107 e. The standard InChI is InChI=1S/C30H53N/c1-20(2)9-8-10-22(5)26-13-14-27-25-12-11-23-19-24(31-21(3)4)15-17-29(23,6)28(25)16-18-30(26,27)7/h11,20-22,24-28,31H,8-10,12-19H2,1-7H3/t22-,24?,25?,26?,27?,28?,29-,30+/m1/s1. The van der Waals surface area contributed by atoms with E-state index in [0.717, 1.165) is 35.5 Å². The van der Waals surface area contributed by atoms with Crippen LogP contribution in [-0.4, -0.2) is 12.1 Å². The summed E-state index contributed by atoms with van der Waals surface area (Å²) in [5.74, 6) is 5.69. The molecule has 1 heteroatoms. The van der Waals surface area contributed by atoms with Gasteiger partial charge in [0, 0.05) is 12.1 Å². The van der Waals surface area contributed by atoms with Crippen molar-refractivity contribution in [2.75, 3.05) is 0 Å². The van der Waals surface area contributed by atoms with Gasteiger partial charge in [-0.1, -0.05) is 79.4 Å². The van der Waals surface area contributed by atoms with Crippen molar-refractivity contribution in [3.8, 4) is 0 Å². The van der Waals surface area contributed by atoms with Gasteiger partial charge in [-0.15, -0.1) is 0 Å². The van der Waals surface area contributed by atoms with Gasteiger partial charge in [-0.3, -0.25) is 0 Å². The molecular formula is C30H53N. The maximum atomic E-state index is 3.85. The Labute approximate surface area is 194 Å². The van der Waals surface area contributed by atoms with E-state index in [1.54, 1.807) is 0 Å². The van der Waals surface area contributed by atoms with E-state index in [9.17, 15) is 0 Å². The van der Waals surface area contributed by atoms with Crippen molar-refractivity contribution in [2.24, 2.45) is 46.3 Å². The lowest BCUT2D eigenvalue weighted by Crippen LogP contribution is -2.52. The number of hydrogen-bond donors (Lipinski definition) is 1. The van der Waals surface area contributed by atoms with Gasteiger partial charge in [0.15, 0.2) is 0 Å². The van der Waals surface area contributed by atoms with E-state index in [1.807, 2.05) is 5.57 Å². The molecule has 0 saturated heterocycles. The molecule has 0 bridgehead atoms. The molecule has 5 unspecified atom stereocenters. The summed E-state index contributed by atoms with van der Waals surface area (Å²) in [6, 6.07) is 1.33. The van der Waals surface area contributed by atoms with Crippen LogP contribution in [0.2, 0.25) is 0 Å². The molecule has 4 rings (SSSR count). The van der Waals surface area contributed by atoms with Crippen LogP contribution in [0.5, 0.6) is 0 Å². The van der Waals surface area contributed by atoms with Gasteiger partial charge in [0.2, 0.25) is 0 Å². The fourth-order valence-electron chi connectivity index (χ4n) is 9.30. The van der Waals surface area contributed by atoms with Crippen molar-refractivity contribution in [1.29, 1.82) is 0 Å². The molecular weight excluding hydrogens is 374 g/mol. The lowest BCUT2D eigenvalue weighted by atomic mass is 9.47. The number of hydrogen-bond acceptors (Lipinski definition) is 1. The molecule has 0 aromatic heterocycles. The summed E-state index contributed by atoms with van der Waals surface area (Å²) in [5, 5.41) is 3.85. The number of nitrogens with one attached hydrogen (secondary N) is 1. The first-order valence-corrected chi connectivity index (χ1v) is 14.1. The Kier molecular flexibility index (Phi) is 7.04. The predicted molar refractivity (Wildman–Crippen MR) is 135 cm³/mol. The van der Waals surface area contributed by atoms with Gasteiger partial charge in [0.25, 0.3) is 0 Å². The molecule has 0 heterocycles. The van der Waals surface area contributed by atoms with Crippen molar-refractivity contribution in [2.45, 2.75) is 131 Å². The van der Waals surface area contributed by atoms with Crippen LogP contribution in [0.3, 0.4) is 0 Å². The van der Waals surface area contributed by atoms with Crippen LogP contribution in [0.1, 0.15) is 119 Å². The van der Waals surface area contributed by atoms with Crippen LogP contribution in [0.4, 0.5) is 0 Å². The third-order valence-electron chi connectivity index (χ3n) is 10.9. The van der Waals surface area contributed by atoms with E-state index in [2.05, 4.69) is 59.9 Å². The van der Waals surface area contributed by atoms with Crippen LogP contribution >= 0.6 is 0 Å². The summed E-state index contributed by atoms with van der Waals surface area (Å²) in [7, 11) is 0. The molecule has 8 atom stereocenters. The van der Waals surface area contributed by atoms with Crippen LogP contribution in [0, 0.1) is 46.3 Å². The van der Waals surface area contributed by atoms with E-state index in [1.165, 1.54) is 70.6 Å². The molecule has 0 spiro atoms. The summed E-state index contributed by atoms with van der Waals surface area (Å²) in [6.45, 7) is 17.4. The van der Waals surface area contributed by atoms with Crippen LogP contribution in [0.25, 0.3) is 0 Å². The van der Waals surface area contributed by atoms with E-state index in [4.69, 9.17) is 0 Å². The van der Waals surface area contributed by atoms with Gasteiger partial charge in [-0.05, 0) is 97.7 Å². The van der Waals surface area contributed by atoms with Gasteiger partial charge in [0.05, 0.1) is 0 Å². The third-order valence-corrected chi connectivity index (χ3v) is 10.9. The number of rotatable bonds is 7. The molecule has 178 valence electrons. The minimum Gasteiger partial charge on any atom is -0.311 e. The average molecular weight is 428 g/mol. The molecule has 3 saturated carbocycles. The highest BCUT2D eigenvalue weighted by molar-refractivity contribution is 5.26. The molecule has 0 amide bonds. The molecule has 4 aliphatic carbocycles. The zero-order valence-corrected chi connectivity index (χ0v) is 22.0. The van der Waals surface area contributed by atoms with Crippen molar-refractivity contribution in [3.05, 3.63) is 11.6 Å². The normalized spacial score (nSPS) is 43.4. The zero-order valence-electron chi connectivity index (χ0n) is 22.0. The quantitative estimate of drug-likeness (QED) is 0.402. The minimum atomic E-state index is 0.500. The van der Waals surface area contributed by atoms with Crippen LogP contribution < -0.4 is 5.32 Å². The molecule has 3 fully saturated rings. The highest BCUT2D eigenvalue weighted by atomic mass is 14.9. The van der Waals surface area contributed by atoms with Gasteiger partial charge in [0.1, 0.15) is 0 Å². The van der Waals surface area contributed by atoms with Crippen molar-refractivity contribution in [1.82, 2.24) is 5.32 Å². The highest BCUT2D eigenvalue weighted by Gasteiger charge is 2.59. The lowest BCUT2D eigenvalue weighted by Gasteiger charge is -2.58. The largest absolute Gasteiger partial charge is 0.311 e. The molecule has 31 heavy (non-hydrogen) atoms. The second-order valence-corrected chi connectivity index (χ2v) is 13.6. The Bertz CT molecular complexity index is 647. The second kappa shape index (κ2) is 9.15. The maximum absolute atomic E-state index is 3.85. The van der Waals surface area contributed by atoms with E-state index < -0.39 is 0 Å². The molecule has 0 aromatic rings. The zero-order chi connectivity index (χ0) is 22.4. The first-order valence-electron chi connectivity index (χ1n) is 14.1. The Morgan fingerprint density at radius 2 is 1.71 bits per heavy atom. The minimum absolute atomic E-state index is 0.500. The molecule has 1 nitrogen and oxygen atoms in total. The first-order chi connectivity index (χ1) is 14.6. The molecule has 0 aromatic carbocycles. The predicted octanol–water partition coefficient (Wildman–Crippen LogP) is 8.39. The average Bonchev–Trinajstić information content (AvgIpc) is 3.05. The van der Waals surface area contributed by atoms with E-state index in [-0.39, 0.29) is 0 Å². The monoisotopic (exact) mass is 427 g/mol. The Balaban J connectivity index is 1.46. The summed E-state index contributed by atoms with van der Waals surface area (Å²) in [4.78, 5) is 0. The van der Waals surface area contributed by atoms with E-state index >= 15 is 0 Å². The summed E-state index contributed by atoms with van der Waals surface area (Å²) in [5.41, 5.74) is 2.95. The summed E-state index contributed by atoms with van der Waals surface area (Å²) >= 11 is 0. The maximum Gasteiger partial charge on any atom is 0.0107 e. The van der Waals surface area contributed by atoms with Gasteiger partial charge in [-0.25, -0.2) is 0 Å². The molecule has 0 aliphatic heterocycles. The molecule has 4 aliphatic rings. The van der Waals surface area contributed by atoms with Crippen molar-refractivity contribution < 1.29 is 0 Å². The Morgan fingerprint density at radius 3 is 2.42 bits per heavy atom. The van der Waals surface area contributed by atoms with Gasteiger partial charge in [-0.2, -0.15) is 0 Å². The fourth-order valence-corrected chi connectivity index (χ4v) is 9.30. The van der Waals surface area contributed by atoms with Gasteiger partial charge < -0.3 is 5.32 Å². The molecule has 0 radical (unpaired) electrons. The fraction of sp³-hybridized carbons (Fsp3) is 0.933.